The Kier molecular flexibility index (Phi) is 6.78. The maximum absolute atomic E-state index is 11.9. The lowest BCUT2D eigenvalue weighted by atomic mass is 10.2. The molecule has 3 aromatic heterocycles. The molecule has 18 nitrogen and oxygen atoms in total. The number of nitrogen functional groups attached to an aromatic ring is 1. The fourth-order valence-electron chi connectivity index (χ4n) is 2.98. The van der Waals surface area contributed by atoms with Crippen molar-refractivity contribution in [2.45, 2.75) is 12.5 Å². The molecule has 1 aliphatic heterocycles. The SMILES string of the molecule is Nc1ncnc2c1c(-c1ncco1)cn2[C@H]1CO[C@@H](COP(=O)(O)OP(=O)(O)OP(=O)(O)O)O1. The number of oxazole rings is 1. The average molecular weight is 543 g/mol. The maximum atomic E-state index is 11.9. The first kappa shape index (κ1) is 25.1. The molecule has 0 bridgehead atoms. The number of phosphoric acid groups is 3. The summed E-state index contributed by atoms with van der Waals surface area (Å²) in [6.45, 7) is -0.855. The highest BCUT2D eigenvalue weighted by atomic mass is 31.3. The Hall–Kier alpha value is -2.04. The second-order valence-electron chi connectivity index (χ2n) is 6.49. The molecule has 4 heterocycles. The molecule has 0 radical (unpaired) electrons. The molecular weight excluding hydrogens is 527 g/mol. The Labute approximate surface area is 188 Å². The van der Waals surface area contributed by atoms with Gasteiger partial charge in [-0.2, -0.15) is 8.62 Å². The van der Waals surface area contributed by atoms with Crippen LogP contribution in [0, 0.1) is 0 Å². The third-order valence-electron chi connectivity index (χ3n) is 4.13. The number of hydrogen-bond acceptors (Lipinski definition) is 13. The standard InChI is InChI=1S/C13H16N5O13P3/c14-11-10-7(13-15-1-2-26-13)3-18(12(10)17-6-16-11)8-4-27-9(29-8)5-28-33(22,23)31-34(24,25)30-32(19,20)21/h1-3,6,8-9H,4-5H2,(H,22,23)(H,24,25)(H2,14,16,17)(H2,19,20,21)/t8-,9-/m1/s1. The molecule has 1 aliphatic rings. The smallest absolute Gasteiger partial charge is 0.444 e. The molecule has 1 saturated heterocycles. The maximum Gasteiger partial charge on any atom is 0.490 e. The molecule has 21 heteroatoms. The van der Waals surface area contributed by atoms with Crippen LogP contribution in [-0.2, 0) is 36.3 Å². The molecule has 186 valence electrons. The van der Waals surface area contributed by atoms with Gasteiger partial charge in [-0.3, -0.25) is 4.52 Å². The van der Waals surface area contributed by atoms with Gasteiger partial charge in [0.15, 0.2) is 12.5 Å². The summed E-state index contributed by atoms with van der Waals surface area (Å²) in [6, 6.07) is 0. The minimum absolute atomic E-state index is 0.0802. The quantitative estimate of drug-likeness (QED) is 0.234. The van der Waals surface area contributed by atoms with Crippen molar-refractivity contribution in [3.05, 3.63) is 25.0 Å². The van der Waals surface area contributed by atoms with Crippen molar-refractivity contribution >= 4 is 40.3 Å². The fraction of sp³-hybridized carbons (Fsp3) is 0.308. The van der Waals surface area contributed by atoms with Gasteiger partial charge >= 0.3 is 23.5 Å². The molecule has 2 unspecified atom stereocenters. The number of rotatable bonds is 9. The van der Waals surface area contributed by atoms with Crippen LogP contribution in [0.2, 0.25) is 0 Å². The molecule has 6 N–H and O–H groups in total. The lowest BCUT2D eigenvalue weighted by molar-refractivity contribution is -0.0960. The molecule has 1 fully saturated rings. The van der Waals surface area contributed by atoms with E-state index in [1.165, 1.54) is 23.4 Å². The molecule has 3 aromatic rings. The predicted molar refractivity (Wildman–Crippen MR) is 107 cm³/mol. The van der Waals surface area contributed by atoms with Gasteiger partial charge in [0, 0.05) is 6.20 Å². The highest BCUT2D eigenvalue weighted by Crippen LogP contribution is 2.66. The second-order valence-corrected chi connectivity index (χ2v) is 10.9. The number of anilines is 1. The highest BCUT2D eigenvalue weighted by Gasteiger charge is 2.41. The van der Waals surface area contributed by atoms with Crippen LogP contribution in [0.25, 0.3) is 22.5 Å². The Morgan fingerprint density at radius 3 is 2.56 bits per heavy atom. The van der Waals surface area contributed by atoms with E-state index in [1.54, 1.807) is 6.20 Å². The number of ether oxygens (including phenoxy) is 2. The van der Waals surface area contributed by atoms with Gasteiger partial charge < -0.3 is 43.8 Å². The lowest BCUT2D eigenvalue weighted by Crippen LogP contribution is -2.17. The molecule has 4 rings (SSSR count). The van der Waals surface area contributed by atoms with E-state index in [-0.39, 0.29) is 18.3 Å². The van der Waals surface area contributed by atoms with Crippen LogP contribution in [0.15, 0.2) is 29.4 Å². The Morgan fingerprint density at radius 2 is 1.88 bits per heavy atom. The predicted octanol–water partition coefficient (Wildman–Crippen LogP) is 0.883. The van der Waals surface area contributed by atoms with E-state index < -0.39 is 42.6 Å². The number of nitrogens with zero attached hydrogens (tertiary/aromatic N) is 4. The van der Waals surface area contributed by atoms with Gasteiger partial charge in [-0.1, -0.05) is 0 Å². The van der Waals surface area contributed by atoms with Gasteiger partial charge in [0.2, 0.25) is 5.89 Å². The summed E-state index contributed by atoms with van der Waals surface area (Å²) >= 11 is 0. The van der Waals surface area contributed by atoms with Gasteiger partial charge in [0.05, 0.1) is 23.8 Å². The number of fused-ring (bicyclic) bond motifs is 1. The molecule has 0 amide bonds. The van der Waals surface area contributed by atoms with Crippen molar-refractivity contribution in [2.24, 2.45) is 0 Å². The largest absolute Gasteiger partial charge is 0.490 e. The molecule has 4 atom stereocenters. The van der Waals surface area contributed by atoms with Crippen molar-refractivity contribution in [3.63, 3.8) is 0 Å². The first-order valence-corrected chi connectivity index (χ1v) is 13.4. The Morgan fingerprint density at radius 1 is 1.12 bits per heavy atom. The molecular formula is C13H16N5O13P3. The van der Waals surface area contributed by atoms with Crippen LogP contribution in [0.5, 0.6) is 0 Å². The molecule has 0 spiro atoms. The lowest BCUT2D eigenvalue weighted by Gasteiger charge is -2.18. The Bertz CT molecular complexity index is 1320. The molecule has 0 aromatic carbocycles. The van der Waals surface area contributed by atoms with E-state index in [1.807, 2.05) is 0 Å². The van der Waals surface area contributed by atoms with Crippen LogP contribution in [0.1, 0.15) is 6.23 Å². The summed E-state index contributed by atoms with van der Waals surface area (Å²) in [5.74, 6) is 0.397. The van der Waals surface area contributed by atoms with Crippen molar-refractivity contribution in [1.82, 2.24) is 19.5 Å². The van der Waals surface area contributed by atoms with Crippen molar-refractivity contribution in [2.75, 3.05) is 18.9 Å². The highest BCUT2D eigenvalue weighted by molar-refractivity contribution is 7.66. The van der Waals surface area contributed by atoms with Gasteiger partial charge in [0.1, 0.15) is 30.7 Å². The van der Waals surface area contributed by atoms with Gasteiger partial charge in [0.25, 0.3) is 0 Å². The first-order valence-electron chi connectivity index (χ1n) is 8.90. The minimum atomic E-state index is -5.64. The van der Waals surface area contributed by atoms with Crippen molar-refractivity contribution in [3.8, 4) is 11.5 Å². The van der Waals surface area contributed by atoms with Crippen LogP contribution in [0.4, 0.5) is 5.82 Å². The zero-order valence-electron chi connectivity index (χ0n) is 16.5. The number of phosphoric ester groups is 1. The zero-order chi connectivity index (χ0) is 24.7. The van der Waals surface area contributed by atoms with Crippen molar-refractivity contribution in [1.29, 1.82) is 0 Å². The van der Waals surface area contributed by atoms with Crippen LogP contribution >= 0.6 is 23.5 Å². The van der Waals surface area contributed by atoms with E-state index in [4.69, 9.17) is 29.4 Å². The number of hydrogen-bond donors (Lipinski definition) is 5. The first-order chi connectivity index (χ1) is 15.8. The summed E-state index contributed by atoms with van der Waals surface area (Å²) in [5, 5.41) is 0.435. The third kappa shape index (κ3) is 5.78. The summed E-state index contributed by atoms with van der Waals surface area (Å²) < 4.78 is 63.5. The van der Waals surface area contributed by atoms with Crippen LogP contribution < -0.4 is 5.73 Å². The Balaban J connectivity index is 1.45. The second kappa shape index (κ2) is 9.20. The van der Waals surface area contributed by atoms with Gasteiger partial charge in [-0.15, -0.1) is 0 Å². The fourth-order valence-corrected chi connectivity index (χ4v) is 5.99. The van der Waals surface area contributed by atoms with Crippen molar-refractivity contribution < 1.29 is 60.3 Å². The van der Waals surface area contributed by atoms with Gasteiger partial charge in [-0.25, -0.2) is 28.6 Å². The molecule has 0 aliphatic carbocycles. The zero-order valence-corrected chi connectivity index (χ0v) is 19.2. The molecule has 34 heavy (non-hydrogen) atoms. The van der Waals surface area contributed by atoms with E-state index in [0.29, 0.717) is 16.6 Å². The van der Waals surface area contributed by atoms with Crippen LogP contribution in [0.3, 0.4) is 0 Å². The van der Waals surface area contributed by atoms with E-state index in [9.17, 15) is 23.5 Å². The average Bonchev–Trinajstić information content (AvgIpc) is 3.43. The number of aromatic nitrogens is 4. The van der Waals surface area contributed by atoms with E-state index in [2.05, 4.69) is 28.1 Å². The normalized spacial score (nSPS) is 22.6. The number of nitrogens with two attached hydrogens (primary N) is 1. The molecule has 0 saturated carbocycles. The minimum Gasteiger partial charge on any atom is -0.444 e. The van der Waals surface area contributed by atoms with Gasteiger partial charge in [-0.05, 0) is 0 Å². The summed E-state index contributed by atoms with van der Waals surface area (Å²) in [7, 11) is -16.5. The summed E-state index contributed by atoms with van der Waals surface area (Å²) in [4.78, 5) is 48.0. The monoisotopic (exact) mass is 543 g/mol. The summed E-state index contributed by atoms with van der Waals surface area (Å²) in [6.07, 6.45) is 3.54. The topological polar surface area (TPSA) is 261 Å². The third-order valence-corrected chi connectivity index (χ3v) is 7.94. The summed E-state index contributed by atoms with van der Waals surface area (Å²) in [5.41, 5.74) is 6.81. The van der Waals surface area contributed by atoms with Crippen LogP contribution in [-0.4, -0.2) is 58.6 Å². The van der Waals surface area contributed by atoms with E-state index in [0.717, 1.165) is 0 Å². The van der Waals surface area contributed by atoms with E-state index >= 15 is 0 Å².